The lowest BCUT2D eigenvalue weighted by molar-refractivity contribution is 0.0881. The molecule has 2 N–H and O–H groups in total. The minimum atomic E-state index is 0.0973. The number of nitrogens with zero attached hydrogens (tertiary/aromatic N) is 2. The quantitative estimate of drug-likeness (QED) is 0.620. The Hall–Kier alpha value is -2.72. The van der Waals surface area contributed by atoms with Crippen molar-refractivity contribution in [1.29, 1.82) is 0 Å². The van der Waals surface area contributed by atoms with Crippen molar-refractivity contribution in [3.63, 3.8) is 0 Å². The van der Waals surface area contributed by atoms with Gasteiger partial charge in [0.2, 0.25) is 0 Å². The molecule has 1 aromatic heterocycles. The van der Waals surface area contributed by atoms with E-state index in [1.807, 2.05) is 24.3 Å². The van der Waals surface area contributed by atoms with E-state index in [0.29, 0.717) is 11.3 Å². The van der Waals surface area contributed by atoms with Crippen molar-refractivity contribution >= 4 is 22.4 Å². The van der Waals surface area contributed by atoms with Crippen molar-refractivity contribution in [3.8, 4) is 0 Å². The van der Waals surface area contributed by atoms with Crippen LogP contribution >= 0.6 is 0 Å². The molecule has 5 rings (SSSR count). The summed E-state index contributed by atoms with van der Waals surface area (Å²) < 4.78 is 0. The van der Waals surface area contributed by atoms with Crippen molar-refractivity contribution in [2.45, 2.75) is 45.1 Å². The van der Waals surface area contributed by atoms with E-state index in [9.17, 15) is 4.79 Å². The number of aromatic nitrogens is 1. The molecule has 1 fully saturated rings. The molecule has 4 nitrogen and oxygen atoms in total. The summed E-state index contributed by atoms with van der Waals surface area (Å²) in [6.45, 7) is 3.36. The molecule has 2 aliphatic rings. The van der Waals surface area contributed by atoms with Crippen molar-refractivity contribution in [3.05, 3.63) is 71.4 Å². The van der Waals surface area contributed by atoms with Crippen molar-refractivity contribution < 1.29 is 4.79 Å². The number of rotatable bonds is 5. The van der Waals surface area contributed by atoms with Gasteiger partial charge in [-0.2, -0.15) is 0 Å². The molecule has 3 aromatic rings. The molecule has 0 amide bonds. The first-order valence-electron chi connectivity index (χ1n) is 11.7. The largest absolute Gasteiger partial charge is 0.398 e. The third-order valence-electron chi connectivity index (χ3n) is 7.23. The first-order chi connectivity index (χ1) is 15.2. The number of aryl methyl sites for hydroxylation is 1. The highest BCUT2D eigenvalue weighted by molar-refractivity contribution is 6.10. The zero-order valence-corrected chi connectivity index (χ0v) is 18.1. The average molecular weight is 414 g/mol. The van der Waals surface area contributed by atoms with E-state index < -0.39 is 0 Å². The second-order valence-electron chi connectivity index (χ2n) is 9.25. The van der Waals surface area contributed by atoms with Gasteiger partial charge in [0.1, 0.15) is 0 Å². The number of benzene rings is 2. The number of likely N-dealkylation sites (tertiary alicyclic amines) is 1. The Morgan fingerprint density at radius 1 is 0.935 bits per heavy atom. The molecule has 31 heavy (non-hydrogen) atoms. The zero-order chi connectivity index (χ0) is 21.2. The Morgan fingerprint density at radius 3 is 2.48 bits per heavy atom. The molecule has 0 radical (unpaired) electrons. The number of hydrogen-bond donors (Lipinski definition) is 1. The Kier molecular flexibility index (Phi) is 5.73. The maximum Gasteiger partial charge on any atom is 0.169 e. The number of piperidine rings is 1. The van der Waals surface area contributed by atoms with Crippen LogP contribution in [-0.2, 0) is 13.0 Å². The maximum absolute atomic E-state index is 13.3. The van der Waals surface area contributed by atoms with E-state index in [2.05, 4.69) is 35.2 Å². The van der Waals surface area contributed by atoms with Gasteiger partial charge < -0.3 is 5.73 Å². The number of nitrogens with two attached hydrogens (primary N) is 1. The summed E-state index contributed by atoms with van der Waals surface area (Å²) in [5.74, 6) is 1.05. The highest BCUT2D eigenvalue weighted by atomic mass is 16.1. The fourth-order valence-electron chi connectivity index (χ4n) is 5.38. The lowest BCUT2D eigenvalue weighted by Crippen LogP contribution is -2.33. The number of hydrogen-bond acceptors (Lipinski definition) is 4. The third-order valence-corrected chi connectivity index (χ3v) is 7.23. The monoisotopic (exact) mass is 413 g/mol. The van der Waals surface area contributed by atoms with Crippen LogP contribution in [0.25, 0.3) is 10.9 Å². The predicted octanol–water partition coefficient (Wildman–Crippen LogP) is 5.25. The number of ketones is 1. The normalized spacial score (nSPS) is 20.1. The van der Waals surface area contributed by atoms with Crippen LogP contribution in [0, 0.1) is 11.8 Å². The summed E-state index contributed by atoms with van der Waals surface area (Å²) in [6.07, 6.45) is 6.36. The van der Waals surface area contributed by atoms with E-state index in [0.717, 1.165) is 67.8 Å². The summed E-state index contributed by atoms with van der Waals surface area (Å²) in [7, 11) is 0. The van der Waals surface area contributed by atoms with Gasteiger partial charge in [-0.15, -0.1) is 0 Å². The highest BCUT2D eigenvalue weighted by Gasteiger charge is 2.31. The molecule has 0 bridgehead atoms. The van der Waals surface area contributed by atoms with E-state index in [-0.39, 0.29) is 11.7 Å². The van der Waals surface area contributed by atoms with Crippen molar-refractivity contribution in [1.82, 2.24) is 9.88 Å². The molecule has 2 aromatic carbocycles. The zero-order valence-electron chi connectivity index (χ0n) is 18.1. The van der Waals surface area contributed by atoms with Crippen LogP contribution in [0.5, 0.6) is 0 Å². The van der Waals surface area contributed by atoms with E-state index >= 15 is 0 Å². The number of carbonyl (C=O) groups excluding carboxylic acids is 1. The van der Waals surface area contributed by atoms with Gasteiger partial charge in [-0.05, 0) is 69.2 Å². The van der Waals surface area contributed by atoms with E-state index in [4.69, 9.17) is 10.7 Å². The molecule has 2 heterocycles. The summed E-state index contributed by atoms with van der Waals surface area (Å²) >= 11 is 0. The van der Waals surface area contributed by atoms with Gasteiger partial charge in [-0.1, -0.05) is 48.5 Å². The van der Waals surface area contributed by atoms with Crippen LogP contribution in [0.4, 0.5) is 5.69 Å². The SMILES string of the molecule is Nc1c2c(nc3ccccc13)CCC(CCC1CCN(Cc3ccccc3)CC1)C2=O. The first-order valence-corrected chi connectivity index (χ1v) is 11.7. The number of para-hydroxylation sites is 1. The topological polar surface area (TPSA) is 59.2 Å². The summed E-state index contributed by atoms with van der Waals surface area (Å²) in [5, 5.41) is 0.904. The average Bonchev–Trinajstić information content (AvgIpc) is 2.80. The Labute approximate surface area is 184 Å². The van der Waals surface area contributed by atoms with Gasteiger partial charge in [-0.3, -0.25) is 14.7 Å². The number of nitrogen functional groups attached to an aromatic ring is 1. The summed E-state index contributed by atoms with van der Waals surface area (Å²) in [6, 6.07) is 18.6. The molecule has 1 aliphatic heterocycles. The number of carbonyl (C=O) groups is 1. The van der Waals surface area contributed by atoms with Gasteiger partial charge in [-0.25, -0.2) is 0 Å². The predicted molar refractivity (Wildman–Crippen MR) is 126 cm³/mol. The maximum atomic E-state index is 13.3. The van der Waals surface area contributed by atoms with Gasteiger partial charge in [0.15, 0.2) is 5.78 Å². The van der Waals surface area contributed by atoms with Crippen LogP contribution < -0.4 is 5.73 Å². The van der Waals surface area contributed by atoms with Crippen LogP contribution in [0.3, 0.4) is 0 Å². The lowest BCUT2D eigenvalue weighted by atomic mass is 9.79. The molecule has 1 saturated heterocycles. The van der Waals surface area contributed by atoms with E-state index in [1.54, 1.807) is 0 Å². The van der Waals surface area contributed by atoms with Crippen LogP contribution in [0.1, 0.15) is 53.7 Å². The van der Waals surface area contributed by atoms with Gasteiger partial charge in [0, 0.05) is 17.8 Å². The lowest BCUT2D eigenvalue weighted by Gasteiger charge is -2.33. The third kappa shape index (κ3) is 4.22. The smallest absolute Gasteiger partial charge is 0.169 e. The second kappa shape index (κ2) is 8.80. The second-order valence-corrected chi connectivity index (χ2v) is 9.25. The van der Waals surface area contributed by atoms with E-state index in [1.165, 1.54) is 18.4 Å². The summed E-state index contributed by atoms with van der Waals surface area (Å²) in [5.41, 5.74) is 11.0. The standard InChI is InChI=1S/C27H31N3O/c28-26-22-8-4-5-9-23(22)29-24-13-12-21(27(31)25(24)26)11-10-19-14-16-30(17-15-19)18-20-6-2-1-3-7-20/h1-9,19,21H,10-18H2,(H2,28,29). The van der Waals surface area contributed by atoms with Gasteiger partial charge in [0.25, 0.3) is 0 Å². The number of pyridine rings is 1. The first kappa shape index (κ1) is 20.2. The molecular formula is C27H31N3O. The number of Topliss-reactive ketones (excluding diaryl/α,β-unsaturated/α-hetero) is 1. The molecule has 160 valence electrons. The highest BCUT2D eigenvalue weighted by Crippen LogP contribution is 2.36. The van der Waals surface area contributed by atoms with Crippen molar-refractivity contribution in [2.24, 2.45) is 11.8 Å². The Bertz CT molecular complexity index is 1070. The fourth-order valence-corrected chi connectivity index (χ4v) is 5.38. The van der Waals surface area contributed by atoms with Crippen LogP contribution in [0.2, 0.25) is 0 Å². The molecule has 1 aliphatic carbocycles. The summed E-state index contributed by atoms with van der Waals surface area (Å²) in [4.78, 5) is 20.6. The minimum absolute atomic E-state index is 0.0973. The molecule has 0 saturated carbocycles. The molecule has 1 unspecified atom stereocenters. The van der Waals surface area contributed by atoms with Crippen LogP contribution in [-0.4, -0.2) is 28.8 Å². The molecule has 4 heteroatoms. The Balaban J connectivity index is 1.18. The van der Waals surface area contributed by atoms with Crippen molar-refractivity contribution in [2.75, 3.05) is 18.8 Å². The Morgan fingerprint density at radius 2 is 1.68 bits per heavy atom. The van der Waals surface area contributed by atoms with Crippen LogP contribution in [0.15, 0.2) is 54.6 Å². The number of anilines is 1. The molecule has 1 atom stereocenters. The fraction of sp³-hybridized carbons (Fsp3) is 0.407. The van der Waals surface area contributed by atoms with Gasteiger partial charge in [0.05, 0.1) is 22.5 Å². The van der Waals surface area contributed by atoms with Gasteiger partial charge >= 0.3 is 0 Å². The minimum Gasteiger partial charge on any atom is -0.398 e. The number of fused-ring (bicyclic) bond motifs is 2. The molecular weight excluding hydrogens is 382 g/mol. The molecule has 0 spiro atoms.